The van der Waals surface area contributed by atoms with Crippen LogP contribution < -0.4 is 10.2 Å². The van der Waals surface area contributed by atoms with Gasteiger partial charge in [-0.15, -0.1) is 0 Å². The highest BCUT2D eigenvalue weighted by molar-refractivity contribution is 5.61. The fraction of sp³-hybridized carbons (Fsp3) is 0.533. The predicted molar refractivity (Wildman–Crippen MR) is 77.3 cm³/mol. The summed E-state index contributed by atoms with van der Waals surface area (Å²) in [5.41, 5.74) is 1.88. The summed E-state index contributed by atoms with van der Waals surface area (Å²) >= 11 is 0. The molecule has 5 heteroatoms. The third-order valence-electron chi connectivity index (χ3n) is 3.88. The molecule has 1 N–H and O–H groups in total. The summed E-state index contributed by atoms with van der Waals surface area (Å²) in [6.07, 6.45) is 4.49. The van der Waals surface area contributed by atoms with Crippen molar-refractivity contribution >= 4 is 5.82 Å². The highest BCUT2D eigenvalue weighted by Crippen LogP contribution is 2.26. The van der Waals surface area contributed by atoms with E-state index in [1.807, 2.05) is 14.0 Å². The monoisotopic (exact) mass is 269 g/mol. The summed E-state index contributed by atoms with van der Waals surface area (Å²) in [7, 11) is 1.96. The van der Waals surface area contributed by atoms with Gasteiger partial charge in [0.25, 0.3) is 0 Å². The second-order valence-corrected chi connectivity index (χ2v) is 5.00. The molecule has 1 aliphatic heterocycles. The van der Waals surface area contributed by atoms with E-state index in [-0.39, 0.29) is 0 Å². The van der Waals surface area contributed by atoms with Gasteiger partial charge in [-0.25, -0.2) is 4.98 Å². The number of anilines is 1. The SMILES string of the molecule is CCc1c(C#N)cnc(N2CCC[C@H](NC)C2)c1C#N. The molecule has 0 spiro atoms. The summed E-state index contributed by atoms with van der Waals surface area (Å²) in [6.45, 7) is 3.73. The molecule has 20 heavy (non-hydrogen) atoms. The van der Waals surface area contributed by atoms with E-state index >= 15 is 0 Å². The van der Waals surface area contributed by atoms with Crippen LogP contribution in [0.15, 0.2) is 6.20 Å². The van der Waals surface area contributed by atoms with E-state index in [1.54, 1.807) is 6.20 Å². The van der Waals surface area contributed by atoms with Crippen LogP contribution in [0, 0.1) is 22.7 Å². The fourth-order valence-electron chi connectivity index (χ4n) is 2.76. The number of aromatic nitrogens is 1. The third kappa shape index (κ3) is 2.59. The first kappa shape index (κ1) is 14.3. The van der Waals surface area contributed by atoms with E-state index in [0.29, 0.717) is 23.6 Å². The molecular formula is C15H19N5. The van der Waals surface area contributed by atoms with Gasteiger partial charge in [0.05, 0.1) is 11.1 Å². The van der Waals surface area contributed by atoms with Crippen LogP contribution in [0.25, 0.3) is 0 Å². The Bertz CT molecular complexity index is 567. The normalized spacial score (nSPS) is 18.4. The lowest BCUT2D eigenvalue weighted by molar-refractivity contribution is 0.447. The van der Waals surface area contributed by atoms with Crippen LogP contribution in [0.1, 0.15) is 36.5 Å². The van der Waals surface area contributed by atoms with Crippen molar-refractivity contribution in [2.75, 3.05) is 25.0 Å². The number of piperidine rings is 1. The number of rotatable bonds is 3. The van der Waals surface area contributed by atoms with Crippen molar-refractivity contribution in [2.24, 2.45) is 0 Å². The maximum atomic E-state index is 9.46. The van der Waals surface area contributed by atoms with E-state index in [0.717, 1.165) is 37.3 Å². The molecule has 1 atom stereocenters. The van der Waals surface area contributed by atoms with E-state index in [2.05, 4.69) is 27.3 Å². The first-order chi connectivity index (χ1) is 9.74. The van der Waals surface area contributed by atoms with Gasteiger partial charge in [0.1, 0.15) is 18.0 Å². The summed E-state index contributed by atoms with van der Waals surface area (Å²) in [5.74, 6) is 0.725. The minimum absolute atomic E-state index is 0.429. The van der Waals surface area contributed by atoms with Crippen molar-refractivity contribution < 1.29 is 0 Å². The number of hydrogen-bond acceptors (Lipinski definition) is 5. The van der Waals surface area contributed by atoms with Crippen LogP contribution >= 0.6 is 0 Å². The molecule has 0 amide bonds. The Hall–Kier alpha value is -2.11. The van der Waals surface area contributed by atoms with Crippen molar-refractivity contribution in [3.05, 3.63) is 22.9 Å². The number of nitrogens with one attached hydrogen (secondary N) is 1. The molecule has 1 fully saturated rings. The molecular weight excluding hydrogens is 250 g/mol. The summed E-state index contributed by atoms with van der Waals surface area (Å²) < 4.78 is 0. The minimum Gasteiger partial charge on any atom is -0.354 e. The van der Waals surface area contributed by atoms with E-state index < -0.39 is 0 Å². The van der Waals surface area contributed by atoms with Gasteiger partial charge in [0, 0.05) is 25.3 Å². The summed E-state index contributed by atoms with van der Waals surface area (Å²) in [6, 6.07) is 4.80. The molecule has 0 aliphatic carbocycles. The Morgan fingerprint density at radius 3 is 2.85 bits per heavy atom. The van der Waals surface area contributed by atoms with Crippen molar-refractivity contribution in [3.8, 4) is 12.1 Å². The van der Waals surface area contributed by atoms with Crippen LogP contribution in [-0.4, -0.2) is 31.2 Å². The third-order valence-corrected chi connectivity index (χ3v) is 3.88. The van der Waals surface area contributed by atoms with E-state index in [4.69, 9.17) is 5.26 Å². The second-order valence-electron chi connectivity index (χ2n) is 5.00. The number of likely N-dealkylation sites (N-methyl/N-ethyl adjacent to an activating group) is 1. The van der Waals surface area contributed by atoms with Crippen molar-refractivity contribution in [1.29, 1.82) is 10.5 Å². The topological polar surface area (TPSA) is 75.7 Å². The number of nitrogens with zero attached hydrogens (tertiary/aromatic N) is 4. The first-order valence-electron chi connectivity index (χ1n) is 6.99. The predicted octanol–water partition coefficient (Wildman–Crippen LogP) is 1.58. The Morgan fingerprint density at radius 2 is 2.25 bits per heavy atom. The lowest BCUT2D eigenvalue weighted by atomic mass is 10.00. The largest absolute Gasteiger partial charge is 0.354 e. The quantitative estimate of drug-likeness (QED) is 0.901. The van der Waals surface area contributed by atoms with Crippen LogP contribution in [-0.2, 0) is 6.42 Å². The Balaban J connectivity index is 2.42. The zero-order chi connectivity index (χ0) is 14.5. The smallest absolute Gasteiger partial charge is 0.146 e. The molecule has 1 aromatic rings. The Labute approximate surface area is 119 Å². The molecule has 104 valence electrons. The van der Waals surface area contributed by atoms with Gasteiger partial charge >= 0.3 is 0 Å². The van der Waals surface area contributed by atoms with Gasteiger partial charge < -0.3 is 10.2 Å². The van der Waals surface area contributed by atoms with Gasteiger partial charge in [-0.05, 0) is 31.9 Å². The molecule has 1 saturated heterocycles. The molecule has 0 radical (unpaired) electrons. The fourth-order valence-corrected chi connectivity index (χ4v) is 2.76. The number of nitriles is 2. The van der Waals surface area contributed by atoms with Crippen LogP contribution in [0.2, 0.25) is 0 Å². The van der Waals surface area contributed by atoms with E-state index in [9.17, 15) is 5.26 Å². The van der Waals surface area contributed by atoms with Crippen LogP contribution in [0.3, 0.4) is 0 Å². The van der Waals surface area contributed by atoms with Crippen molar-refractivity contribution in [2.45, 2.75) is 32.2 Å². The van der Waals surface area contributed by atoms with Crippen LogP contribution in [0.4, 0.5) is 5.82 Å². The second kappa shape index (κ2) is 6.36. The highest BCUT2D eigenvalue weighted by Gasteiger charge is 2.23. The molecule has 0 unspecified atom stereocenters. The average Bonchev–Trinajstić information content (AvgIpc) is 2.53. The Morgan fingerprint density at radius 1 is 1.45 bits per heavy atom. The minimum atomic E-state index is 0.429. The average molecular weight is 269 g/mol. The maximum Gasteiger partial charge on any atom is 0.146 e. The lowest BCUT2D eigenvalue weighted by Crippen LogP contribution is -2.45. The first-order valence-corrected chi connectivity index (χ1v) is 6.99. The Kier molecular flexibility index (Phi) is 4.55. The molecule has 0 aromatic carbocycles. The lowest BCUT2D eigenvalue weighted by Gasteiger charge is -2.34. The molecule has 2 heterocycles. The summed E-state index contributed by atoms with van der Waals surface area (Å²) in [5, 5.41) is 21.9. The molecule has 0 bridgehead atoms. The molecule has 1 aliphatic rings. The molecule has 5 nitrogen and oxygen atoms in total. The number of hydrogen-bond donors (Lipinski definition) is 1. The zero-order valence-corrected chi connectivity index (χ0v) is 12.0. The molecule has 1 aromatic heterocycles. The van der Waals surface area contributed by atoms with Gasteiger partial charge in [-0.3, -0.25) is 0 Å². The van der Waals surface area contributed by atoms with Crippen LogP contribution in [0.5, 0.6) is 0 Å². The van der Waals surface area contributed by atoms with Gasteiger partial charge in [0.15, 0.2) is 0 Å². The van der Waals surface area contributed by atoms with Gasteiger partial charge in [-0.2, -0.15) is 10.5 Å². The summed E-state index contributed by atoms with van der Waals surface area (Å²) in [4.78, 5) is 6.53. The number of pyridine rings is 1. The zero-order valence-electron chi connectivity index (χ0n) is 12.0. The standard InChI is InChI=1S/C15H19N5/c1-3-13-11(7-16)9-19-15(14(13)8-17)20-6-4-5-12(10-20)18-2/h9,12,18H,3-6,10H2,1-2H3/t12-/m0/s1. The molecule has 0 saturated carbocycles. The van der Waals surface area contributed by atoms with Crippen molar-refractivity contribution in [1.82, 2.24) is 10.3 Å². The van der Waals surface area contributed by atoms with Crippen molar-refractivity contribution in [3.63, 3.8) is 0 Å². The van der Waals surface area contributed by atoms with Gasteiger partial charge in [-0.1, -0.05) is 6.92 Å². The van der Waals surface area contributed by atoms with E-state index in [1.165, 1.54) is 0 Å². The highest BCUT2D eigenvalue weighted by atomic mass is 15.2. The molecule has 2 rings (SSSR count). The van der Waals surface area contributed by atoms with Gasteiger partial charge in [0.2, 0.25) is 0 Å². The maximum absolute atomic E-state index is 9.46.